The fourth-order valence-corrected chi connectivity index (χ4v) is 6.61. The second-order valence-corrected chi connectivity index (χ2v) is 18.2. The topological polar surface area (TPSA) is 95.2 Å². The maximum atomic E-state index is 8.39. The average molecular weight is 653 g/mol. The van der Waals surface area contributed by atoms with Gasteiger partial charge in [-0.15, -0.1) is 0 Å². The first-order valence-electron chi connectivity index (χ1n) is 18.5. The number of allylic oxidation sites excluding steroid dienone is 8. The third-order valence-corrected chi connectivity index (χ3v) is 11.7. The minimum Gasteiger partial charge on any atom is -0.193 e. The van der Waals surface area contributed by atoms with Crippen molar-refractivity contribution in [3.63, 3.8) is 0 Å². The standard InChI is InChI=1S/4C11H17N/c4*1-9(6-7-12)4-5-10-8-11(10,2)3/h4*6,10H,4-5,8H2,1-3H3/b2*9-6+;2*9-6-. The van der Waals surface area contributed by atoms with Gasteiger partial charge in [0.15, 0.2) is 0 Å². The maximum absolute atomic E-state index is 8.39. The third-order valence-electron chi connectivity index (χ3n) is 11.7. The zero-order chi connectivity index (χ0) is 36.8. The first-order valence-corrected chi connectivity index (χ1v) is 18.5. The van der Waals surface area contributed by atoms with Crippen molar-refractivity contribution in [3.05, 3.63) is 46.6 Å². The van der Waals surface area contributed by atoms with Crippen molar-refractivity contribution >= 4 is 0 Å². The smallest absolute Gasteiger partial charge is 0.0911 e. The Morgan fingerprint density at radius 2 is 0.562 bits per heavy atom. The lowest BCUT2D eigenvalue weighted by Crippen LogP contribution is -1.90. The van der Waals surface area contributed by atoms with Gasteiger partial charge in [0.1, 0.15) is 0 Å². The minimum atomic E-state index is 0.590. The Labute approximate surface area is 296 Å². The first kappa shape index (κ1) is 42.9. The fourth-order valence-electron chi connectivity index (χ4n) is 6.61. The molecular formula is C44H68N4. The van der Waals surface area contributed by atoms with Crippen LogP contribution in [0.4, 0.5) is 0 Å². The molecule has 0 amide bonds. The van der Waals surface area contributed by atoms with Gasteiger partial charge < -0.3 is 0 Å². The Kier molecular flexibility index (Phi) is 17.2. The summed E-state index contributed by atoms with van der Waals surface area (Å²) in [5.74, 6) is 3.61. The van der Waals surface area contributed by atoms with Crippen LogP contribution in [0.15, 0.2) is 46.6 Å². The van der Waals surface area contributed by atoms with Crippen LogP contribution in [0.25, 0.3) is 0 Å². The minimum absolute atomic E-state index is 0.590. The Balaban J connectivity index is 0.000000320. The Morgan fingerprint density at radius 1 is 0.417 bits per heavy atom. The SMILES string of the molecule is C/C(=C/C#N)CCC1CC1(C)C.C/C(=C/C#N)CCC1CC1(C)C.C/C(=C\C#N)CCC1CC1(C)C.C/C(=C\C#N)CCC1CC1(C)C. The highest BCUT2D eigenvalue weighted by atomic mass is 14.5. The van der Waals surface area contributed by atoms with Gasteiger partial charge in [-0.3, -0.25) is 0 Å². The van der Waals surface area contributed by atoms with Gasteiger partial charge in [0.25, 0.3) is 0 Å². The van der Waals surface area contributed by atoms with E-state index in [2.05, 4.69) is 79.7 Å². The normalized spacial score (nSPS) is 26.5. The van der Waals surface area contributed by atoms with Crippen LogP contribution in [-0.4, -0.2) is 0 Å². The largest absolute Gasteiger partial charge is 0.193 e. The van der Waals surface area contributed by atoms with E-state index >= 15 is 0 Å². The molecule has 0 aliphatic heterocycles. The van der Waals surface area contributed by atoms with E-state index in [0.717, 1.165) is 49.4 Å². The molecule has 0 aromatic carbocycles. The van der Waals surface area contributed by atoms with Crippen LogP contribution in [0.5, 0.6) is 0 Å². The lowest BCUT2D eigenvalue weighted by molar-refractivity contribution is 0.532. The molecule has 264 valence electrons. The van der Waals surface area contributed by atoms with Gasteiger partial charge in [-0.05, 0) is 150 Å². The molecule has 0 aromatic heterocycles. The summed E-state index contributed by atoms with van der Waals surface area (Å²) in [5, 5.41) is 33.6. The predicted octanol–water partition coefficient (Wildman–Crippen LogP) is 13.1. The lowest BCUT2D eigenvalue weighted by Gasteiger charge is -2.02. The van der Waals surface area contributed by atoms with E-state index in [4.69, 9.17) is 21.0 Å². The molecule has 0 N–H and O–H groups in total. The third kappa shape index (κ3) is 17.9. The maximum Gasteiger partial charge on any atom is 0.0911 e. The molecule has 0 saturated heterocycles. The molecule has 48 heavy (non-hydrogen) atoms. The van der Waals surface area contributed by atoms with Gasteiger partial charge in [-0.1, -0.05) is 77.7 Å². The summed E-state index contributed by atoms with van der Waals surface area (Å²) in [5.41, 5.74) is 7.25. The van der Waals surface area contributed by atoms with Crippen LogP contribution in [0.2, 0.25) is 0 Å². The molecule has 4 atom stereocenters. The van der Waals surface area contributed by atoms with Gasteiger partial charge >= 0.3 is 0 Å². The number of nitrogens with zero attached hydrogens (tertiary/aromatic N) is 4. The molecule has 4 aliphatic carbocycles. The highest BCUT2D eigenvalue weighted by Crippen LogP contribution is 2.56. The first-order chi connectivity index (χ1) is 22.2. The highest BCUT2D eigenvalue weighted by Gasteiger charge is 2.46. The second-order valence-electron chi connectivity index (χ2n) is 18.2. The van der Waals surface area contributed by atoms with E-state index in [0.29, 0.717) is 21.7 Å². The fraction of sp³-hybridized carbons (Fsp3) is 0.727. The van der Waals surface area contributed by atoms with E-state index in [9.17, 15) is 0 Å². The molecule has 4 nitrogen and oxygen atoms in total. The van der Waals surface area contributed by atoms with Crippen molar-refractivity contribution in [2.24, 2.45) is 45.3 Å². The summed E-state index contributed by atoms with van der Waals surface area (Å²) < 4.78 is 0. The Bertz CT molecular complexity index is 1130. The van der Waals surface area contributed by atoms with Crippen molar-refractivity contribution in [1.29, 1.82) is 21.0 Å². The van der Waals surface area contributed by atoms with Crippen LogP contribution < -0.4 is 0 Å². The molecule has 4 heteroatoms. The van der Waals surface area contributed by atoms with Crippen molar-refractivity contribution in [3.8, 4) is 24.3 Å². The van der Waals surface area contributed by atoms with Crippen LogP contribution in [0.1, 0.15) is 160 Å². The number of rotatable bonds is 12. The summed E-state index contributed by atoms with van der Waals surface area (Å²) in [4.78, 5) is 0. The van der Waals surface area contributed by atoms with E-state index in [-0.39, 0.29) is 0 Å². The molecule has 0 bridgehead atoms. The van der Waals surface area contributed by atoms with Crippen molar-refractivity contribution in [2.75, 3.05) is 0 Å². The van der Waals surface area contributed by atoms with Crippen LogP contribution in [-0.2, 0) is 0 Å². The van der Waals surface area contributed by atoms with E-state index in [1.165, 1.54) is 73.7 Å². The molecule has 4 saturated carbocycles. The van der Waals surface area contributed by atoms with Crippen LogP contribution >= 0.6 is 0 Å². The summed E-state index contributed by atoms with van der Waals surface area (Å²) in [6.07, 6.45) is 21.6. The monoisotopic (exact) mass is 653 g/mol. The van der Waals surface area contributed by atoms with Crippen LogP contribution in [0, 0.1) is 90.7 Å². The molecule has 4 unspecified atom stereocenters. The Hall–Kier alpha value is -3.08. The van der Waals surface area contributed by atoms with Crippen molar-refractivity contribution in [1.82, 2.24) is 0 Å². The van der Waals surface area contributed by atoms with E-state index in [1.54, 1.807) is 24.3 Å². The van der Waals surface area contributed by atoms with Gasteiger partial charge in [-0.2, -0.15) is 21.0 Å². The summed E-state index contributed by atoms with van der Waals surface area (Å²) >= 11 is 0. The number of hydrogen-bond acceptors (Lipinski definition) is 4. The molecular weight excluding hydrogens is 585 g/mol. The zero-order valence-electron chi connectivity index (χ0n) is 32.9. The molecule has 4 rings (SSSR count). The van der Waals surface area contributed by atoms with E-state index < -0.39 is 0 Å². The van der Waals surface area contributed by atoms with Gasteiger partial charge in [0.05, 0.1) is 24.3 Å². The number of nitriles is 4. The van der Waals surface area contributed by atoms with Gasteiger partial charge in [0, 0.05) is 24.3 Å². The summed E-state index contributed by atoms with van der Waals surface area (Å²) in [7, 11) is 0. The molecule has 0 heterocycles. The number of hydrogen-bond donors (Lipinski definition) is 0. The van der Waals surface area contributed by atoms with Gasteiger partial charge in [0.2, 0.25) is 0 Å². The van der Waals surface area contributed by atoms with Crippen LogP contribution in [0.3, 0.4) is 0 Å². The molecule has 0 aromatic rings. The molecule has 4 aliphatic rings. The zero-order valence-corrected chi connectivity index (χ0v) is 32.9. The predicted molar refractivity (Wildman–Crippen MR) is 202 cm³/mol. The summed E-state index contributed by atoms with van der Waals surface area (Å²) in [6.45, 7) is 26.7. The highest BCUT2D eigenvalue weighted by molar-refractivity contribution is 5.14. The van der Waals surface area contributed by atoms with Gasteiger partial charge in [-0.25, -0.2) is 0 Å². The lowest BCUT2D eigenvalue weighted by atomic mass is 10.0. The average Bonchev–Trinajstić information content (AvgIpc) is 3.94. The van der Waals surface area contributed by atoms with E-state index in [1.807, 2.05) is 27.7 Å². The van der Waals surface area contributed by atoms with Crippen molar-refractivity contribution in [2.45, 2.75) is 160 Å². The van der Waals surface area contributed by atoms with Crippen molar-refractivity contribution < 1.29 is 0 Å². The second kappa shape index (κ2) is 19.2. The quantitative estimate of drug-likeness (QED) is 0.196. The summed E-state index contributed by atoms with van der Waals surface area (Å²) in [6, 6.07) is 8.28. The molecule has 4 fully saturated rings. The molecule has 0 radical (unpaired) electrons. The molecule has 0 spiro atoms. The Morgan fingerprint density at radius 3 is 0.667 bits per heavy atom.